The fraction of sp³-hybridized carbons (Fsp3) is 0.846. The fourth-order valence-corrected chi connectivity index (χ4v) is 1.26. The Morgan fingerprint density at radius 2 is 1.17 bits per heavy atom. The summed E-state index contributed by atoms with van der Waals surface area (Å²) in [5.74, 6) is -1.04. The number of hydrogen-bond donors (Lipinski definition) is 2. The van der Waals surface area contributed by atoms with Crippen molar-refractivity contribution in [1.29, 1.82) is 0 Å². The van der Waals surface area contributed by atoms with Crippen molar-refractivity contribution < 1.29 is 24.5 Å². The Kier molecular flexibility index (Phi) is 26.1. The molecule has 0 aromatic heterocycles. The van der Waals surface area contributed by atoms with Gasteiger partial charge in [-0.2, -0.15) is 0 Å². The van der Waals surface area contributed by atoms with Crippen molar-refractivity contribution in [3.63, 3.8) is 0 Å². The van der Waals surface area contributed by atoms with E-state index in [9.17, 15) is 4.79 Å². The van der Waals surface area contributed by atoms with Crippen LogP contribution in [0.25, 0.3) is 0 Å². The molecule has 0 spiro atoms. The number of ether oxygens (including phenoxy) is 1. The summed E-state index contributed by atoms with van der Waals surface area (Å²) in [7, 11) is 1.00. The minimum atomic E-state index is -0.833. The number of aliphatic hydroxyl groups is 1. The number of esters is 1. The lowest BCUT2D eigenvalue weighted by Gasteiger charge is -2.05. The predicted molar refractivity (Wildman–Crippen MR) is 71.5 cm³/mol. The molecular formula is C13H28O5. The van der Waals surface area contributed by atoms with E-state index in [4.69, 9.17) is 15.0 Å². The molecule has 2 N–H and O–H groups in total. The zero-order chi connectivity index (χ0) is 14.8. The van der Waals surface area contributed by atoms with Crippen molar-refractivity contribution >= 4 is 11.9 Å². The molecule has 0 saturated heterocycles. The highest BCUT2D eigenvalue weighted by atomic mass is 16.5. The van der Waals surface area contributed by atoms with Crippen LogP contribution in [0.2, 0.25) is 0 Å². The topological polar surface area (TPSA) is 83.8 Å². The van der Waals surface area contributed by atoms with E-state index in [0.29, 0.717) is 6.61 Å². The smallest absolute Gasteiger partial charge is 0.302 e. The van der Waals surface area contributed by atoms with E-state index in [1.54, 1.807) is 6.92 Å². The first-order chi connectivity index (χ1) is 8.50. The van der Waals surface area contributed by atoms with Crippen LogP contribution in [0.1, 0.15) is 59.3 Å². The number of aliphatic carboxylic acids is 1. The molecule has 1 rings (SSSR count). The Morgan fingerprint density at radius 3 is 1.22 bits per heavy atom. The number of aliphatic hydroxyl groups excluding tert-OH is 1. The number of carbonyl (C=O) groups excluding carboxylic acids is 1. The molecule has 0 aromatic carbocycles. The van der Waals surface area contributed by atoms with E-state index in [-0.39, 0.29) is 5.97 Å². The lowest BCUT2D eigenvalue weighted by molar-refractivity contribution is -0.140. The Balaban J connectivity index is -0.000000179. The van der Waals surface area contributed by atoms with Gasteiger partial charge < -0.3 is 14.9 Å². The second kappa shape index (κ2) is 21.2. The van der Waals surface area contributed by atoms with Gasteiger partial charge in [0, 0.05) is 21.0 Å². The van der Waals surface area contributed by atoms with Crippen molar-refractivity contribution in [2.75, 3.05) is 13.7 Å². The van der Waals surface area contributed by atoms with Crippen molar-refractivity contribution in [3.8, 4) is 0 Å². The lowest BCUT2D eigenvalue weighted by Crippen LogP contribution is -1.95. The zero-order valence-electron chi connectivity index (χ0n) is 12.1. The molecule has 110 valence electrons. The van der Waals surface area contributed by atoms with Gasteiger partial charge in [0.2, 0.25) is 0 Å². The standard InChI is InChI=1S/C6H12.C4H8O2.C2H4O2.CH4O/c1-2-4-6-5-3-1;1-3-6-4(2)5;1-2(3)4;1-2/h1-6H2;3H2,1-2H3;1H3,(H,3,4);2H,1H3. The minimum absolute atomic E-state index is 0.211. The molecule has 0 bridgehead atoms. The van der Waals surface area contributed by atoms with Crippen molar-refractivity contribution in [2.45, 2.75) is 59.3 Å². The summed E-state index contributed by atoms with van der Waals surface area (Å²) in [6.07, 6.45) is 9.00. The summed E-state index contributed by atoms with van der Waals surface area (Å²) in [6.45, 7) is 4.74. The fourth-order valence-electron chi connectivity index (χ4n) is 1.26. The number of carbonyl (C=O) groups is 2. The Morgan fingerprint density at radius 1 is 0.944 bits per heavy atom. The molecule has 0 atom stereocenters. The van der Waals surface area contributed by atoms with Crippen LogP contribution in [-0.2, 0) is 14.3 Å². The van der Waals surface area contributed by atoms with Gasteiger partial charge in [-0.15, -0.1) is 0 Å². The molecule has 5 nitrogen and oxygen atoms in total. The van der Waals surface area contributed by atoms with Crippen molar-refractivity contribution in [2.24, 2.45) is 0 Å². The van der Waals surface area contributed by atoms with E-state index in [1.165, 1.54) is 45.4 Å². The molecule has 5 heteroatoms. The number of carboxylic acids is 1. The minimum Gasteiger partial charge on any atom is -0.481 e. The third-order valence-corrected chi connectivity index (χ3v) is 1.85. The monoisotopic (exact) mass is 264 g/mol. The summed E-state index contributed by atoms with van der Waals surface area (Å²) in [4.78, 5) is 18.8. The third-order valence-electron chi connectivity index (χ3n) is 1.85. The first-order valence-corrected chi connectivity index (χ1v) is 6.28. The molecule has 1 aliphatic rings. The summed E-state index contributed by atoms with van der Waals surface area (Å²) in [5.41, 5.74) is 0. The first-order valence-electron chi connectivity index (χ1n) is 6.28. The molecule has 1 fully saturated rings. The molecule has 0 aromatic rings. The van der Waals surface area contributed by atoms with Gasteiger partial charge in [0.15, 0.2) is 0 Å². The molecule has 0 heterocycles. The second-order valence-corrected chi connectivity index (χ2v) is 3.56. The van der Waals surface area contributed by atoms with Crippen molar-refractivity contribution in [3.05, 3.63) is 0 Å². The van der Waals surface area contributed by atoms with Crippen LogP contribution in [0, 0.1) is 0 Å². The molecule has 0 amide bonds. The van der Waals surface area contributed by atoms with Crippen LogP contribution in [0.15, 0.2) is 0 Å². The van der Waals surface area contributed by atoms with Crippen LogP contribution in [0.3, 0.4) is 0 Å². The van der Waals surface area contributed by atoms with Crippen LogP contribution in [0.4, 0.5) is 0 Å². The van der Waals surface area contributed by atoms with Gasteiger partial charge in [-0.25, -0.2) is 0 Å². The maximum Gasteiger partial charge on any atom is 0.302 e. The normalized spacial score (nSPS) is 12.3. The molecule has 1 saturated carbocycles. The van der Waals surface area contributed by atoms with E-state index >= 15 is 0 Å². The average Bonchev–Trinajstić information content (AvgIpc) is 2.34. The highest BCUT2D eigenvalue weighted by Gasteiger charge is 1.95. The summed E-state index contributed by atoms with van der Waals surface area (Å²) in [6, 6.07) is 0. The average molecular weight is 264 g/mol. The molecule has 18 heavy (non-hydrogen) atoms. The predicted octanol–water partition coefficient (Wildman–Crippen LogP) is 2.61. The SMILES string of the molecule is C1CCCCC1.CC(=O)O.CCOC(C)=O.CO. The maximum atomic E-state index is 9.82. The summed E-state index contributed by atoms with van der Waals surface area (Å²) in [5, 5.41) is 14.4. The maximum absolute atomic E-state index is 9.82. The van der Waals surface area contributed by atoms with Crippen LogP contribution < -0.4 is 0 Å². The van der Waals surface area contributed by atoms with Gasteiger partial charge in [0.05, 0.1) is 6.61 Å². The lowest BCUT2D eigenvalue weighted by atomic mass is 10.0. The van der Waals surface area contributed by atoms with E-state index < -0.39 is 5.97 Å². The molecule has 0 aliphatic heterocycles. The van der Waals surface area contributed by atoms with Crippen LogP contribution in [-0.4, -0.2) is 35.9 Å². The van der Waals surface area contributed by atoms with E-state index in [2.05, 4.69) is 4.74 Å². The molecule has 1 aliphatic carbocycles. The van der Waals surface area contributed by atoms with Crippen molar-refractivity contribution in [1.82, 2.24) is 0 Å². The highest BCUT2D eigenvalue weighted by molar-refractivity contribution is 5.65. The largest absolute Gasteiger partial charge is 0.481 e. The van der Waals surface area contributed by atoms with Gasteiger partial charge in [-0.05, 0) is 6.92 Å². The van der Waals surface area contributed by atoms with Gasteiger partial charge in [0.1, 0.15) is 0 Å². The molecule has 0 unspecified atom stereocenters. The first kappa shape index (κ1) is 22.1. The number of rotatable bonds is 1. The van der Waals surface area contributed by atoms with E-state index in [0.717, 1.165) is 14.0 Å². The Bertz CT molecular complexity index is 161. The Labute approximate surface area is 110 Å². The van der Waals surface area contributed by atoms with E-state index in [1.807, 2.05) is 0 Å². The van der Waals surface area contributed by atoms with Gasteiger partial charge in [0.25, 0.3) is 5.97 Å². The Hall–Kier alpha value is -1.10. The molecule has 0 radical (unpaired) electrons. The van der Waals surface area contributed by atoms with Crippen LogP contribution >= 0.6 is 0 Å². The summed E-state index contributed by atoms with van der Waals surface area (Å²) < 4.78 is 4.40. The molecular weight excluding hydrogens is 236 g/mol. The van der Waals surface area contributed by atoms with Gasteiger partial charge in [-0.1, -0.05) is 38.5 Å². The second-order valence-electron chi connectivity index (χ2n) is 3.56. The quantitative estimate of drug-likeness (QED) is 0.711. The van der Waals surface area contributed by atoms with Crippen LogP contribution in [0.5, 0.6) is 0 Å². The zero-order valence-corrected chi connectivity index (χ0v) is 12.1. The number of carboxylic acid groups (broad SMARTS) is 1. The highest BCUT2D eigenvalue weighted by Crippen LogP contribution is 2.15. The number of hydrogen-bond acceptors (Lipinski definition) is 4. The summed E-state index contributed by atoms with van der Waals surface area (Å²) >= 11 is 0. The van der Waals surface area contributed by atoms with Gasteiger partial charge >= 0.3 is 5.97 Å². The van der Waals surface area contributed by atoms with Gasteiger partial charge in [-0.3, -0.25) is 9.59 Å². The third kappa shape index (κ3) is 46.1.